The molecule has 1 aliphatic rings. The van der Waals surface area contributed by atoms with Crippen molar-refractivity contribution in [3.63, 3.8) is 0 Å². The minimum absolute atomic E-state index is 0.0845. The fraction of sp³-hybridized carbons (Fsp3) is 0.409. The molecule has 27 heavy (non-hydrogen) atoms. The number of carbonyl (C=O) groups excluding carboxylic acids is 1. The van der Waals surface area contributed by atoms with Gasteiger partial charge in [0.2, 0.25) is 0 Å². The Hall–Kier alpha value is -2.69. The van der Waals surface area contributed by atoms with Gasteiger partial charge in [-0.05, 0) is 25.3 Å². The minimum Gasteiger partial charge on any atom is -0.497 e. The van der Waals surface area contributed by atoms with Crippen LogP contribution in [-0.2, 0) is 0 Å². The maximum Gasteiger partial charge on any atom is 0.322 e. The number of anilines is 1. The van der Waals surface area contributed by atoms with Crippen LogP contribution >= 0.6 is 0 Å². The molecule has 2 aromatic rings. The normalized spacial score (nSPS) is 17.1. The molecule has 3 rings (SSSR count). The molecule has 1 N–H and O–H groups in total. The molecule has 1 aliphatic heterocycles. The molecular weight excluding hydrogens is 340 g/mol. The molecule has 2 amide bonds. The highest BCUT2D eigenvalue weighted by atomic mass is 16.5. The number of urea groups is 1. The molecule has 0 aliphatic carbocycles. The number of nitrogens with one attached hydrogen (secondary N) is 1. The number of aryl methyl sites for hydroxylation is 1. The predicted octanol–water partition coefficient (Wildman–Crippen LogP) is 5.16. The van der Waals surface area contributed by atoms with Gasteiger partial charge in [-0.3, -0.25) is 0 Å². The Balaban J connectivity index is 1.84. The van der Waals surface area contributed by atoms with Crippen molar-refractivity contribution in [1.82, 2.24) is 4.90 Å². The number of ether oxygens (including phenoxy) is 2. The molecule has 0 saturated carbocycles. The van der Waals surface area contributed by atoms with Crippen molar-refractivity contribution in [1.29, 1.82) is 0 Å². The summed E-state index contributed by atoms with van der Waals surface area (Å²) in [4.78, 5) is 15.1. The Labute approximate surface area is 161 Å². The third-order valence-electron chi connectivity index (χ3n) is 5.04. The predicted molar refractivity (Wildman–Crippen MR) is 108 cm³/mol. The van der Waals surface area contributed by atoms with E-state index in [0.717, 1.165) is 32.2 Å². The van der Waals surface area contributed by atoms with E-state index in [9.17, 15) is 4.79 Å². The number of nitrogens with zero attached hydrogens (tertiary/aromatic N) is 1. The zero-order valence-electron chi connectivity index (χ0n) is 16.3. The van der Waals surface area contributed by atoms with Gasteiger partial charge in [-0.25, -0.2) is 4.79 Å². The quantitative estimate of drug-likeness (QED) is 0.811. The number of likely N-dealkylation sites (tertiary alicyclic amines) is 1. The van der Waals surface area contributed by atoms with Gasteiger partial charge in [-0.1, -0.05) is 42.7 Å². The highest BCUT2D eigenvalue weighted by Crippen LogP contribution is 2.32. The van der Waals surface area contributed by atoms with Crippen LogP contribution < -0.4 is 14.8 Å². The van der Waals surface area contributed by atoms with Gasteiger partial charge in [-0.15, -0.1) is 0 Å². The van der Waals surface area contributed by atoms with Gasteiger partial charge in [0.1, 0.15) is 11.5 Å². The average molecular weight is 368 g/mol. The van der Waals surface area contributed by atoms with Gasteiger partial charge >= 0.3 is 6.03 Å². The SMILES string of the molecule is COc1cc(NC(=O)N2CCCCC[C@@H]2c2cccc(C)c2)cc(OC)c1. The average Bonchev–Trinajstić information content (AvgIpc) is 2.93. The zero-order chi connectivity index (χ0) is 19.2. The van der Waals surface area contributed by atoms with Crippen LogP contribution in [0, 0.1) is 6.92 Å². The van der Waals surface area contributed by atoms with Crippen LogP contribution in [0.4, 0.5) is 10.5 Å². The van der Waals surface area contributed by atoms with Gasteiger partial charge in [0.25, 0.3) is 0 Å². The molecule has 2 aromatic carbocycles. The summed E-state index contributed by atoms with van der Waals surface area (Å²) in [7, 11) is 3.20. The standard InChI is InChI=1S/C22H28N2O3/c1-16-8-7-9-17(12-16)21-10-5-4-6-11-24(21)22(25)23-18-13-19(26-2)15-20(14-18)27-3/h7-9,12-15,21H,4-6,10-11H2,1-3H3,(H,23,25)/t21-/m1/s1. The van der Waals surface area contributed by atoms with Gasteiger partial charge in [-0.2, -0.15) is 0 Å². The fourth-order valence-electron chi connectivity index (χ4n) is 3.65. The number of hydrogen-bond acceptors (Lipinski definition) is 3. The number of rotatable bonds is 4. The van der Waals surface area contributed by atoms with Crippen LogP contribution in [0.1, 0.15) is 42.9 Å². The second-order valence-corrected chi connectivity index (χ2v) is 7.00. The van der Waals surface area contributed by atoms with Crippen molar-refractivity contribution < 1.29 is 14.3 Å². The molecule has 0 radical (unpaired) electrons. The summed E-state index contributed by atoms with van der Waals surface area (Å²) in [6, 6.07) is 13.9. The molecule has 0 bridgehead atoms. The molecule has 0 aromatic heterocycles. The number of benzene rings is 2. The monoisotopic (exact) mass is 368 g/mol. The summed E-state index contributed by atoms with van der Waals surface area (Å²) in [5, 5.41) is 3.03. The van der Waals surface area contributed by atoms with E-state index in [1.165, 1.54) is 11.1 Å². The molecule has 5 nitrogen and oxygen atoms in total. The first-order chi connectivity index (χ1) is 13.1. The second kappa shape index (κ2) is 8.80. The van der Waals surface area contributed by atoms with E-state index in [0.29, 0.717) is 17.2 Å². The van der Waals surface area contributed by atoms with Crippen LogP contribution in [0.15, 0.2) is 42.5 Å². The van der Waals surface area contributed by atoms with E-state index in [1.807, 2.05) is 4.90 Å². The number of amides is 2. The van der Waals surface area contributed by atoms with Crippen molar-refractivity contribution in [2.75, 3.05) is 26.1 Å². The van der Waals surface area contributed by atoms with E-state index >= 15 is 0 Å². The smallest absolute Gasteiger partial charge is 0.322 e. The third kappa shape index (κ3) is 4.73. The molecule has 5 heteroatoms. The lowest BCUT2D eigenvalue weighted by molar-refractivity contribution is 0.189. The van der Waals surface area contributed by atoms with Gasteiger partial charge in [0, 0.05) is 30.4 Å². The largest absolute Gasteiger partial charge is 0.497 e. The zero-order valence-corrected chi connectivity index (χ0v) is 16.3. The van der Waals surface area contributed by atoms with Gasteiger partial charge in [0.15, 0.2) is 0 Å². The molecule has 1 heterocycles. The van der Waals surface area contributed by atoms with E-state index in [4.69, 9.17) is 9.47 Å². The highest BCUT2D eigenvalue weighted by Gasteiger charge is 2.27. The minimum atomic E-state index is -0.0845. The Morgan fingerprint density at radius 1 is 1.04 bits per heavy atom. The van der Waals surface area contributed by atoms with Crippen molar-refractivity contribution in [3.05, 3.63) is 53.6 Å². The molecule has 0 unspecified atom stereocenters. The van der Waals surface area contributed by atoms with E-state index in [2.05, 4.69) is 36.5 Å². The lowest BCUT2D eigenvalue weighted by Gasteiger charge is -2.31. The molecule has 1 fully saturated rings. The summed E-state index contributed by atoms with van der Waals surface area (Å²) < 4.78 is 10.6. The van der Waals surface area contributed by atoms with Crippen LogP contribution in [0.25, 0.3) is 0 Å². The molecule has 144 valence electrons. The topological polar surface area (TPSA) is 50.8 Å². The Morgan fingerprint density at radius 2 is 1.78 bits per heavy atom. The van der Waals surface area contributed by atoms with Crippen molar-refractivity contribution in [2.24, 2.45) is 0 Å². The first-order valence-electron chi connectivity index (χ1n) is 9.48. The number of hydrogen-bond donors (Lipinski definition) is 1. The fourth-order valence-corrected chi connectivity index (χ4v) is 3.65. The van der Waals surface area contributed by atoms with Crippen molar-refractivity contribution in [2.45, 2.75) is 38.6 Å². The maximum absolute atomic E-state index is 13.1. The summed E-state index contributed by atoms with van der Waals surface area (Å²) in [5.74, 6) is 1.30. The lowest BCUT2D eigenvalue weighted by atomic mass is 9.99. The first-order valence-corrected chi connectivity index (χ1v) is 9.48. The highest BCUT2D eigenvalue weighted by molar-refractivity contribution is 5.90. The van der Waals surface area contributed by atoms with Crippen LogP contribution in [0.5, 0.6) is 11.5 Å². The van der Waals surface area contributed by atoms with E-state index < -0.39 is 0 Å². The third-order valence-corrected chi connectivity index (χ3v) is 5.04. The van der Waals surface area contributed by atoms with Crippen molar-refractivity contribution >= 4 is 11.7 Å². The van der Waals surface area contributed by atoms with Crippen LogP contribution in [0.2, 0.25) is 0 Å². The van der Waals surface area contributed by atoms with Crippen LogP contribution in [-0.4, -0.2) is 31.7 Å². The van der Waals surface area contributed by atoms with E-state index in [-0.39, 0.29) is 12.1 Å². The van der Waals surface area contributed by atoms with Gasteiger partial charge in [0.05, 0.1) is 20.3 Å². The Kier molecular flexibility index (Phi) is 6.22. The number of methoxy groups -OCH3 is 2. The lowest BCUT2D eigenvalue weighted by Crippen LogP contribution is -2.38. The van der Waals surface area contributed by atoms with Crippen molar-refractivity contribution in [3.8, 4) is 11.5 Å². The molecule has 1 atom stereocenters. The maximum atomic E-state index is 13.1. The summed E-state index contributed by atoms with van der Waals surface area (Å²) >= 11 is 0. The first kappa shape index (κ1) is 19.1. The summed E-state index contributed by atoms with van der Waals surface area (Å²) in [6.07, 6.45) is 4.30. The molecular formula is C22H28N2O3. The Bertz CT molecular complexity index is 769. The molecule has 1 saturated heterocycles. The second-order valence-electron chi connectivity index (χ2n) is 7.00. The van der Waals surface area contributed by atoms with E-state index in [1.54, 1.807) is 32.4 Å². The van der Waals surface area contributed by atoms with Gasteiger partial charge < -0.3 is 19.7 Å². The van der Waals surface area contributed by atoms with Crippen LogP contribution in [0.3, 0.4) is 0 Å². The molecule has 0 spiro atoms. The summed E-state index contributed by atoms with van der Waals surface area (Å²) in [5.41, 5.74) is 3.09. The number of carbonyl (C=O) groups is 1. The summed E-state index contributed by atoms with van der Waals surface area (Å²) in [6.45, 7) is 2.85. The Morgan fingerprint density at radius 3 is 2.44 bits per heavy atom.